The fraction of sp³-hybridized carbons (Fsp3) is 0.316. The number of para-hydroxylation sites is 2. The third kappa shape index (κ3) is 3.18. The molecule has 1 aromatic carbocycles. The van der Waals surface area contributed by atoms with Crippen molar-refractivity contribution in [1.82, 2.24) is 35.5 Å². The van der Waals surface area contributed by atoms with Gasteiger partial charge in [-0.1, -0.05) is 26.0 Å². The van der Waals surface area contributed by atoms with Crippen LogP contribution in [0.3, 0.4) is 0 Å². The molecule has 0 spiro atoms. The molecular weight excluding hydrogens is 374 g/mol. The number of nitrogens with one attached hydrogen (secondary N) is 2. The SMILES string of the molecule is Cc1sc(-n2cnnn2)c(C(=O)N[C@@H](c2nc3ccccc3[nH]2)C(C)C)c1C. The molecule has 28 heavy (non-hydrogen) atoms. The van der Waals surface area contributed by atoms with Gasteiger partial charge in [0.05, 0.1) is 22.6 Å². The van der Waals surface area contributed by atoms with E-state index < -0.39 is 0 Å². The molecule has 8 nitrogen and oxygen atoms in total. The average molecular weight is 395 g/mol. The molecule has 0 saturated carbocycles. The predicted molar refractivity (Wildman–Crippen MR) is 108 cm³/mol. The number of hydrogen-bond donors (Lipinski definition) is 2. The summed E-state index contributed by atoms with van der Waals surface area (Å²) in [7, 11) is 0. The number of imidazole rings is 1. The number of aromatic nitrogens is 6. The van der Waals surface area contributed by atoms with Gasteiger partial charge in [-0.05, 0) is 47.9 Å². The topological polar surface area (TPSA) is 101 Å². The summed E-state index contributed by atoms with van der Waals surface area (Å²) in [5.41, 5.74) is 3.36. The standard InChI is InChI=1S/C19H21N7OS/c1-10(2)16(17-21-13-7-5-6-8-14(13)22-17)23-18(27)15-11(3)12(4)28-19(15)26-9-20-24-25-26/h5-10,16H,1-4H3,(H,21,22)(H,23,27)/t16-/m1/s1. The minimum absolute atomic E-state index is 0.154. The van der Waals surface area contributed by atoms with Crippen LogP contribution in [0.4, 0.5) is 0 Å². The molecular formula is C19H21N7OS. The summed E-state index contributed by atoms with van der Waals surface area (Å²) in [6, 6.07) is 7.60. The van der Waals surface area contributed by atoms with Crippen LogP contribution < -0.4 is 5.32 Å². The summed E-state index contributed by atoms with van der Waals surface area (Å²) in [6.45, 7) is 8.06. The molecule has 0 aliphatic rings. The molecule has 0 unspecified atom stereocenters. The largest absolute Gasteiger partial charge is 0.342 e. The van der Waals surface area contributed by atoms with Crippen LogP contribution in [0.1, 0.15) is 46.5 Å². The lowest BCUT2D eigenvalue weighted by atomic mass is 10.0. The van der Waals surface area contributed by atoms with Crippen LogP contribution >= 0.6 is 11.3 Å². The van der Waals surface area contributed by atoms with E-state index >= 15 is 0 Å². The molecule has 0 saturated heterocycles. The number of aryl methyl sites for hydroxylation is 1. The van der Waals surface area contributed by atoms with E-state index in [1.165, 1.54) is 22.3 Å². The van der Waals surface area contributed by atoms with Gasteiger partial charge in [0.1, 0.15) is 17.2 Å². The normalized spacial score (nSPS) is 12.6. The van der Waals surface area contributed by atoms with Gasteiger partial charge in [0, 0.05) is 4.88 Å². The van der Waals surface area contributed by atoms with E-state index in [0.717, 1.165) is 27.3 Å². The van der Waals surface area contributed by atoms with Crippen LogP contribution in [-0.2, 0) is 0 Å². The van der Waals surface area contributed by atoms with Crippen molar-refractivity contribution in [3.63, 3.8) is 0 Å². The number of H-pyrrole nitrogens is 1. The van der Waals surface area contributed by atoms with E-state index in [0.29, 0.717) is 10.6 Å². The Labute approximate surface area is 166 Å². The van der Waals surface area contributed by atoms with E-state index in [4.69, 9.17) is 0 Å². The summed E-state index contributed by atoms with van der Waals surface area (Å²) in [5.74, 6) is 0.741. The summed E-state index contributed by atoms with van der Waals surface area (Å²) in [6.07, 6.45) is 1.50. The third-order valence-electron chi connectivity index (χ3n) is 4.81. The second kappa shape index (κ2) is 7.16. The number of amides is 1. The number of benzene rings is 1. The molecule has 2 N–H and O–H groups in total. The van der Waals surface area contributed by atoms with Crippen LogP contribution in [0, 0.1) is 19.8 Å². The van der Waals surface area contributed by atoms with Gasteiger partial charge in [0.25, 0.3) is 5.91 Å². The number of nitrogens with zero attached hydrogens (tertiary/aromatic N) is 5. The van der Waals surface area contributed by atoms with Gasteiger partial charge in [-0.15, -0.1) is 16.4 Å². The highest BCUT2D eigenvalue weighted by molar-refractivity contribution is 7.15. The highest BCUT2D eigenvalue weighted by Gasteiger charge is 2.27. The lowest BCUT2D eigenvalue weighted by Crippen LogP contribution is -2.33. The number of thiophene rings is 1. The molecule has 0 fully saturated rings. The van der Waals surface area contributed by atoms with Gasteiger partial charge in [-0.25, -0.2) is 4.98 Å². The molecule has 3 aromatic heterocycles. The number of aromatic amines is 1. The first-order valence-electron chi connectivity index (χ1n) is 9.04. The Morgan fingerprint density at radius 3 is 2.71 bits per heavy atom. The Morgan fingerprint density at radius 1 is 1.25 bits per heavy atom. The number of fused-ring (bicyclic) bond motifs is 1. The molecule has 4 rings (SSSR count). The molecule has 3 heterocycles. The Morgan fingerprint density at radius 2 is 2.04 bits per heavy atom. The maximum absolute atomic E-state index is 13.3. The monoisotopic (exact) mass is 395 g/mol. The predicted octanol–water partition coefficient (Wildman–Crippen LogP) is 3.34. The number of carbonyl (C=O) groups excluding carboxylic acids is 1. The fourth-order valence-electron chi connectivity index (χ4n) is 3.18. The van der Waals surface area contributed by atoms with E-state index in [1.54, 1.807) is 0 Å². The quantitative estimate of drug-likeness (QED) is 0.540. The second-order valence-corrected chi connectivity index (χ2v) is 8.26. The van der Waals surface area contributed by atoms with Crippen LogP contribution in [-0.4, -0.2) is 36.1 Å². The summed E-state index contributed by atoms with van der Waals surface area (Å²) in [4.78, 5) is 22.3. The smallest absolute Gasteiger partial charge is 0.255 e. The average Bonchev–Trinajstić information content (AvgIpc) is 3.38. The van der Waals surface area contributed by atoms with Gasteiger partial charge in [0.2, 0.25) is 0 Å². The second-order valence-electron chi connectivity index (χ2n) is 7.05. The zero-order valence-corrected chi connectivity index (χ0v) is 16.9. The molecule has 9 heteroatoms. The van der Waals surface area contributed by atoms with E-state index in [2.05, 4.69) is 44.7 Å². The van der Waals surface area contributed by atoms with E-state index in [-0.39, 0.29) is 17.9 Å². The summed E-state index contributed by atoms with van der Waals surface area (Å²) in [5, 5.41) is 15.2. The number of tetrazole rings is 1. The van der Waals surface area contributed by atoms with Gasteiger partial charge in [0.15, 0.2) is 0 Å². The Kier molecular flexibility index (Phi) is 4.68. The first-order chi connectivity index (χ1) is 13.5. The Balaban J connectivity index is 1.70. The van der Waals surface area contributed by atoms with Crippen molar-refractivity contribution in [3.05, 3.63) is 52.4 Å². The van der Waals surface area contributed by atoms with Crippen LogP contribution in [0.2, 0.25) is 0 Å². The number of rotatable bonds is 5. The lowest BCUT2D eigenvalue weighted by Gasteiger charge is -2.20. The van der Waals surface area contributed by atoms with E-state index in [9.17, 15) is 4.79 Å². The van der Waals surface area contributed by atoms with E-state index in [1.807, 2.05) is 38.1 Å². The van der Waals surface area contributed by atoms with Gasteiger partial charge in [-0.2, -0.15) is 4.68 Å². The first kappa shape index (κ1) is 18.3. The van der Waals surface area contributed by atoms with Gasteiger partial charge in [-0.3, -0.25) is 4.79 Å². The summed E-state index contributed by atoms with van der Waals surface area (Å²) < 4.78 is 1.53. The maximum Gasteiger partial charge on any atom is 0.255 e. The van der Waals surface area contributed by atoms with Crippen molar-refractivity contribution in [1.29, 1.82) is 0 Å². The number of carbonyl (C=O) groups is 1. The summed E-state index contributed by atoms with van der Waals surface area (Å²) >= 11 is 1.50. The molecule has 1 amide bonds. The van der Waals surface area contributed by atoms with Crippen LogP contribution in [0.25, 0.3) is 16.0 Å². The number of hydrogen-bond acceptors (Lipinski definition) is 6. The molecule has 0 radical (unpaired) electrons. The first-order valence-corrected chi connectivity index (χ1v) is 9.86. The molecule has 144 valence electrons. The highest BCUT2D eigenvalue weighted by atomic mass is 32.1. The minimum Gasteiger partial charge on any atom is -0.342 e. The molecule has 1 atom stereocenters. The van der Waals surface area contributed by atoms with Crippen molar-refractivity contribution in [2.75, 3.05) is 0 Å². The lowest BCUT2D eigenvalue weighted by molar-refractivity contribution is 0.0923. The van der Waals surface area contributed by atoms with Crippen molar-refractivity contribution in [2.45, 2.75) is 33.7 Å². The molecule has 0 aliphatic carbocycles. The highest BCUT2D eigenvalue weighted by Crippen LogP contribution is 2.31. The Bertz CT molecular complexity index is 1090. The van der Waals surface area contributed by atoms with Gasteiger partial charge < -0.3 is 10.3 Å². The molecule has 0 aliphatic heterocycles. The van der Waals surface area contributed by atoms with Crippen molar-refractivity contribution >= 4 is 28.3 Å². The maximum atomic E-state index is 13.3. The molecule has 0 bridgehead atoms. The van der Waals surface area contributed by atoms with Crippen LogP contribution in [0.15, 0.2) is 30.6 Å². The van der Waals surface area contributed by atoms with Crippen molar-refractivity contribution in [2.24, 2.45) is 5.92 Å². The third-order valence-corrected chi connectivity index (χ3v) is 6.00. The molecule has 4 aromatic rings. The zero-order chi connectivity index (χ0) is 19.8. The Hall–Kier alpha value is -3.07. The van der Waals surface area contributed by atoms with Gasteiger partial charge >= 0.3 is 0 Å². The zero-order valence-electron chi connectivity index (χ0n) is 16.1. The fourth-order valence-corrected chi connectivity index (χ4v) is 4.25. The minimum atomic E-state index is -0.249. The van der Waals surface area contributed by atoms with Crippen molar-refractivity contribution in [3.8, 4) is 5.00 Å². The van der Waals surface area contributed by atoms with Crippen molar-refractivity contribution < 1.29 is 4.79 Å². The van der Waals surface area contributed by atoms with Crippen LogP contribution in [0.5, 0.6) is 0 Å².